The lowest BCUT2D eigenvalue weighted by Gasteiger charge is -2.24. The normalized spacial score (nSPS) is 17.5. The molecule has 0 aromatic heterocycles. The molecule has 1 N–H and O–H groups in total. The monoisotopic (exact) mass is 227 g/mol. The minimum Gasteiger partial charge on any atom is -0.475 e. The standard InChI is InChI=1S/C10H10FNO2.C2H6.H2/c1-2-8-10(13)12-7-5-3-4-6(11)9(7)14-8;1-2;/h3-5,8H,2H2,1H3,(H,12,13);1-2H3;1H. The Morgan fingerprint density at radius 2 is 2.19 bits per heavy atom. The van der Waals surface area contributed by atoms with Crippen LogP contribution < -0.4 is 10.1 Å². The lowest BCUT2D eigenvalue weighted by molar-refractivity contribution is -0.123. The molecule has 1 aliphatic rings. The van der Waals surface area contributed by atoms with Gasteiger partial charge < -0.3 is 10.1 Å². The van der Waals surface area contributed by atoms with Gasteiger partial charge in [-0.2, -0.15) is 0 Å². The molecule has 0 radical (unpaired) electrons. The number of ether oxygens (including phenoxy) is 1. The summed E-state index contributed by atoms with van der Waals surface area (Å²) in [4.78, 5) is 11.3. The maximum absolute atomic E-state index is 13.2. The van der Waals surface area contributed by atoms with Crippen LogP contribution >= 0.6 is 0 Å². The van der Waals surface area contributed by atoms with Crippen molar-refractivity contribution in [3.05, 3.63) is 24.0 Å². The van der Waals surface area contributed by atoms with E-state index < -0.39 is 11.9 Å². The largest absolute Gasteiger partial charge is 0.475 e. The highest BCUT2D eigenvalue weighted by molar-refractivity contribution is 5.97. The highest BCUT2D eigenvalue weighted by Gasteiger charge is 2.27. The molecule has 1 aliphatic heterocycles. The zero-order valence-electron chi connectivity index (χ0n) is 9.71. The van der Waals surface area contributed by atoms with Crippen LogP contribution in [0.2, 0.25) is 0 Å². The van der Waals surface area contributed by atoms with Crippen LogP contribution in [0.25, 0.3) is 0 Å². The molecular formula is C12H18FNO2. The molecule has 0 saturated heterocycles. The third kappa shape index (κ3) is 2.32. The maximum Gasteiger partial charge on any atom is 0.265 e. The van der Waals surface area contributed by atoms with Crippen molar-refractivity contribution in [1.82, 2.24) is 0 Å². The van der Waals surface area contributed by atoms with Gasteiger partial charge in [0.25, 0.3) is 5.91 Å². The molecule has 0 spiro atoms. The second kappa shape index (κ2) is 5.49. The van der Waals surface area contributed by atoms with Crippen LogP contribution in [0, 0.1) is 5.82 Å². The van der Waals surface area contributed by atoms with Gasteiger partial charge in [-0.1, -0.05) is 26.8 Å². The summed E-state index contributed by atoms with van der Waals surface area (Å²) in [5.74, 6) is -0.523. The average Bonchev–Trinajstić information content (AvgIpc) is 2.31. The lowest BCUT2D eigenvalue weighted by atomic mass is 10.2. The van der Waals surface area contributed by atoms with Gasteiger partial charge in [-0.25, -0.2) is 4.39 Å². The molecule has 1 amide bonds. The Bertz CT molecular complexity index is 385. The van der Waals surface area contributed by atoms with Gasteiger partial charge in [0.05, 0.1) is 5.69 Å². The first-order valence-corrected chi connectivity index (χ1v) is 5.48. The van der Waals surface area contributed by atoms with Gasteiger partial charge >= 0.3 is 0 Å². The van der Waals surface area contributed by atoms with E-state index in [0.717, 1.165) is 0 Å². The summed E-state index contributed by atoms with van der Waals surface area (Å²) in [6.45, 7) is 5.82. The fraction of sp³-hybridized carbons (Fsp3) is 0.417. The van der Waals surface area contributed by atoms with Gasteiger partial charge in [0.1, 0.15) is 0 Å². The van der Waals surface area contributed by atoms with Crippen molar-refractivity contribution in [2.24, 2.45) is 0 Å². The molecule has 1 heterocycles. The molecule has 1 unspecified atom stereocenters. The molecule has 0 saturated carbocycles. The third-order valence-corrected chi connectivity index (χ3v) is 2.15. The van der Waals surface area contributed by atoms with E-state index in [1.165, 1.54) is 12.1 Å². The maximum atomic E-state index is 13.2. The number of nitrogens with one attached hydrogen (secondary N) is 1. The van der Waals surface area contributed by atoms with Gasteiger partial charge in [0, 0.05) is 1.43 Å². The zero-order chi connectivity index (χ0) is 12.1. The second-order valence-corrected chi connectivity index (χ2v) is 3.12. The van der Waals surface area contributed by atoms with Crippen LogP contribution in [0.4, 0.5) is 10.1 Å². The van der Waals surface area contributed by atoms with Crippen molar-refractivity contribution in [1.29, 1.82) is 0 Å². The van der Waals surface area contributed by atoms with Gasteiger partial charge in [-0.15, -0.1) is 0 Å². The predicted molar refractivity (Wildman–Crippen MR) is 63.2 cm³/mol. The van der Waals surface area contributed by atoms with Crippen molar-refractivity contribution in [3.8, 4) is 5.75 Å². The van der Waals surface area contributed by atoms with E-state index in [1.807, 2.05) is 20.8 Å². The molecule has 0 aliphatic carbocycles. The topological polar surface area (TPSA) is 38.3 Å². The van der Waals surface area contributed by atoms with Crippen LogP contribution in [-0.2, 0) is 4.79 Å². The fourth-order valence-corrected chi connectivity index (χ4v) is 1.40. The molecule has 3 nitrogen and oxygen atoms in total. The van der Waals surface area contributed by atoms with Crippen molar-refractivity contribution in [2.45, 2.75) is 33.3 Å². The van der Waals surface area contributed by atoms with Crippen LogP contribution in [0.1, 0.15) is 28.6 Å². The molecule has 0 bridgehead atoms. The first-order valence-electron chi connectivity index (χ1n) is 5.48. The predicted octanol–water partition coefficient (Wildman–Crippen LogP) is 3.21. The van der Waals surface area contributed by atoms with Gasteiger partial charge in [-0.3, -0.25) is 4.79 Å². The minimum atomic E-state index is -0.584. The molecule has 90 valence electrons. The molecule has 1 aromatic rings. The average molecular weight is 227 g/mol. The van der Waals surface area contributed by atoms with E-state index in [1.54, 1.807) is 6.07 Å². The number of fused-ring (bicyclic) bond motifs is 1. The number of benzene rings is 1. The highest BCUT2D eigenvalue weighted by atomic mass is 19.1. The van der Waals surface area contributed by atoms with Crippen molar-refractivity contribution >= 4 is 11.6 Å². The summed E-state index contributed by atoms with van der Waals surface area (Å²) >= 11 is 0. The SMILES string of the molecule is CC.CCC1Oc2c(F)cccc2NC1=O.[HH]. The summed E-state index contributed by atoms with van der Waals surface area (Å²) < 4.78 is 18.5. The lowest BCUT2D eigenvalue weighted by Crippen LogP contribution is -2.36. The van der Waals surface area contributed by atoms with E-state index in [2.05, 4.69) is 5.32 Å². The Balaban J connectivity index is 0.000000811. The van der Waals surface area contributed by atoms with Crippen LogP contribution in [0.5, 0.6) is 5.75 Å². The Kier molecular flexibility index (Phi) is 4.28. The first kappa shape index (κ1) is 12.5. The molecule has 0 fully saturated rings. The highest BCUT2D eigenvalue weighted by Crippen LogP contribution is 2.32. The summed E-state index contributed by atoms with van der Waals surface area (Å²) in [5, 5.41) is 2.60. The van der Waals surface area contributed by atoms with Crippen LogP contribution in [0.15, 0.2) is 18.2 Å². The molecule has 16 heavy (non-hydrogen) atoms. The Hall–Kier alpha value is -1.58. The van der Waals surface area contributed by atoms with E-state index >= 15 is 0 Å². The van der Waals surface area contributed by atoms with Gasteiger partial charge in [0.15, 0.2) is 17.7 Å². The van der Waals surface area contributed by atoms with Gasteiger partial charge in [-0.05, 0) is 18.6 Å². The van der Waals surface area contributed by atoms with Crippen molar-refractivity contribution < 1.29 is 15.3 Å². The molecule has 2 rings (SSSR count). The molecule has 1 atom stereocenters. The third-order valence-electron chi connectivity index (χ3n) is 2.15. The summed E-state index contributed by atoms with van der Waals surface area (Å²) in [7, 11) is 0. The molecular weight excluding hydrogens is 209 g/mol. The van der Waals surface area contributed by atoms with E-state index in [0.29, 0.717) is 12.1 Å². The quantitative estimate of drug-likeness (QED) is 0.800. The van der Waals surface area contributed by atoms with Gasteiger partial charge in [0.2, 0.25) is 0 Å². The molecule has 4 heteroatoms. The number of hydrogen-bond donors (Lipinski definition) is 1. The van der Waals surface area contributed by atoms with Crippen LogP contribution in [0.3, 0.4) is 0 Å². The smallest absolute Gasteiger partial charge is 0.265 e. The number of hydrogen-bond acceptors (Lipinski definition) is 2. The molecule has 1 aromatic carbocycles. The first-order chi connectivity index (χ1) is 7.72. The number of rotatable bonds is 1. The Morgan fingerprint density at radius 3 is 2.81 bits per heavy atom. The summed E-state index contributed by atoms with van der Waals surface area (Å²) in [6, 6.07) is 4.45. The number of anilines is 1. The summed E-state index contributed by atoms with van der Waals surface area (Å²) in [5.41, 5.74) is 0.403. The fourth-order valence-electron chi connectivity index (χ4n) is 1.40. The number of carbonyl (C=O) groups is 1. The number of carbonyl (C=O) groups excluding carboxylic acids is 1. The summed E-state index contributed by atoms with van der Waals surface area (Å²) in [6.07, 6.45) is -0.0565. The van der Waals surface area contributed by atoms with Crippen molar-refractivity contribution in [3.63, 3.8) is 0 Å². The van der Waals surface area contributed by atoms with Crippen LogP contribution in [-0.4, -0.2) is 12.0 Å². The number of halogens is 1. The Labute approximate surface area is 96.1 Å². The zero-order valence-corrected chi connectivity index (χ0v) is 9.71. The van der Waals surface area contributed by atoms with Crippen molar-refractivity contribution in [2.75, 3.05) is 5.32 Å². The Morgan fingerprint density at radius 1 is 1.50 bits per heavy atom. The second-order valence-electron chi connectivity index (χ2n) is 3.12. The number of para-hydroxylation sites is 1. The minimum absolute atomic E-state index is 0. The van der Waals surface area contributed by atoms with E-state index in [4.69, 9.17) is 4.74 Å². The number of amides is 1. The van der Waals surface area contributed by atoms with E-state index in [-0.39, 0.29) is 13.1 Å². The van der Waals surface area contributed by atoms with E-state index in [9.17, 15) is 9.18 Å².